The van der Waals surface area contributed by atoms with E-state index in [1.807, 2.05) is 4.72 Å². The van der Waals surface area contributed by atoms with E-state index in [-0.39, 0.29) is 6.54 Å². The van der Waals surface area contributed by atoms with Crippen LogP contribution in [0.1, 0.15) is 0 Å². The van der Waals surface area contributed by atoms with Crippen LogP contribution in [-0.4, -0.2) is 37.9 Å². The zero-order valence-electron chi connectivity index (χ0n) is 5.19. The number of aliphatic hydroxyl groups excluding tert-OH is 2. The Labute approximate surface area is 58.8 Å². The molecule has 0 spiro atoms. The van der Waals surface area contributed by atoms with E-state index >= 15 is 0 Å². The quantitative estimate of drug-likeness (QED) is 0.363. The molecular weight excluding hydrogens is 160 g/mol. The van der Waals surface area contributed by atoms with Gasteiger partial charge in [0.2, 0.25) is 0 Å². The molecule has 0 aromatic heterocycles. The van der Waals surface area contributed by atoms with Crippen LogP contribution in [0.15, 0.2) is 0 Å². The van der Waals surface area contributed by atoms with Crippen molar-refractivity contribution in [2.75, 3.05) is 13.2 Å². The number of nitrogens with one attached hydrogen (secondary N) is 1. The first kappa shape index (κ1) is 9.79. The Morgan fingerprint density at radius 2 is 2.10 bits per heavy atom. The van der Waals surface area contributed by atoms with Crippen molar-refractivity contribution in [3.63, 3.8) is 0 Å². The molecule has 0 aliphatic heterocycles. The first-order valence-corrected chi connectivity index (χ1v) is 4.06. The molecule has 10 heavy (non-hydrogen) atoms. The minimum atomic E-state index is -3.75. The van der Waals surface area contributed by atoms with Crippen molar-refractivity contribution in [3.05, 3.63) is 0 Å². The Balaban J connectivity index is 3.56. The largest absolute Gasteiger partial charge is 0.394 e. The van der Waals surface area contributed by atoms with Gasteiger partial charge in [-0.15, -0.1) is 0 Å². The number of hydrogen-bond donors (Lipinski definition) is 4. The molecule has 0 aromatic rings. The van der Waals surface area contributed by atoms with Crippen LogP contribution < -0.4 is 9.86 Å². The molecule has 0 heterocycles. The predicted molar refractivity (Wildman–Crippen MR) is 34.2 cm³/mol. The lowest BCUT2D eigenvalue weighted by atomic mass is 10.4. The third kappa shape index (κ3) is 5.92. The highest BCUT2D eigenvalue weighted by Crippen LogP contribution is 1.77. The lowest BCUT2D eigenvalue weighted by Gasteiger charge is -2.05. The minimum absolute atomic E-state index is 0.269. The minimum Gasteiger partial charge on any atom is -0.394 e. The van der Waals surface area contributed by atoms with Gasteiger partial charge in [0.1, 0.15) is 0 Å². The molecule has 7 heteroatoms. The molecule has 0 aliphatic carbocycles. The topological polar surface area (TPSA) is 113 Å². The normalized spacial score (nSPS) is 15.1. The van der Waals surface area contributed by atoms with Crippen LogP contribution in [0.3, 0.4) is 0 Å². The van der Waals surface area contributed by atoms with Crippen molar-refractivity contribution in [2.24, 2.45) is 5.14 Å². The van der Waals surface area contributed by atoms with Crippen molar-refractivity contribution in [1.29, 1.82) is 0 Å². The summed E-state index contributed by atoms with van der Waals surface area (Å²) in [5.74, 6) is 0. The molecule has 0 amide bonds. The summed E-state index contributed by atoms with van der Waals surface area (Å²) in [5, 5.41) is 21.3. The molecule has 6 nitrogen and oxygen atoms in total. The van der Waals surface area contributed by atoms with Crippen molar-refractivity contribution in [3.8, 4) is 0 Å². The van der Waals surface area contributed by atoms with Crippen LogP contribution in [0.5, 0.6) is 0 Å². The van der Waals surface area contributed by atoms with Gasteiger partial charge in [0.15, 0.2) is 0 Å². The maximum absolute atomic E-state index is 10.1. The number of rotatable bonds is 4. The average Bonchev–Trinajstić information content (AvgIpc) is 1.81. The smallest absolute Gasteiger partial charge is 0.274 e. The van der Waals surface area contributed by atoms with Crippen LogP contribution >= 0.6 is 0 Å². The second-order valence-electron chi connectivity index (χ2n) is 1.73. The maximum atomic E-state index is 10.1. The van der Waals surface area contributed by atoms with E-state index in [9.17, 15) is 8.42 Å². The Morgan fingerprint density at radius 3 is 2.40 bits per heavy atom. The van der Waals surface area contributed by atoms with Gasteiger partial charge >= 0.3 is 0 Å². The van der Waals surface area contributed by atoms with E-state index in [1.165, 1.54) is 0 Å². The molecule has 0 saturated heterocycles. The summed E-state index contributed by atoms with van der Waals surface area (Å²) in [6.07, 6.45) is -1.10. The molecule has 0 rings (SSSR count). The maximum Gasteiger partial charge on any atom is 0.274 e. The Kier molecular flexibility index (Phi) is 3.76. The number of aliphatic hydroxyl groups is 2. The molecular formula is C3H10N2O4S. The summed E-state index contributed by atoms with van der Waals surface area (Å²) in [6.45, 7) is -0.766. The van der Waals surface area contributed by atoms with Crippen LogP contribution in [-0.2, 0) is 10.2 Å². The number of hydrogen-bond acceptors (Lipinski definition) is 4. The molecule has 0 fully saturated rings. The fraction of sp³-hybridized carbons (Fsp3) is 1.00. The number of nitrogens with two attached hydrogens (primary N) is 1. The van der Waals surface area contributed by atoms with E-state index < -0.39 is 22.9 Å². The Morgan fingerprint density at radius 1 is 1.60 bits per heavy atom. The zero-order chi connectivity index (χ0) is 8.20. The van der Waals surface area contributed by atoms with Crippen LogP contribution in [0.25, 0.3) is 0 Å². The van der Waals surface area contributed by atoms with Gasteiger partial charge in [0.25, 0.3) is 10.2 Å². The molecule has 0 aromatic carbocycles. The van der Waals surface area contributed by atoms with Crippen molar-refractivity contribution >= 4 is 10.2 Å². The molecule has 5 N–H and O–H groups in total. The predicted octanol–water partition coefficient (Wildman–Crippen LogP) is -2.87. The van der Waals surface area contributed by atoms with Gasteiger partial charge in [-0.2, -0.15) is 13.1 Å². The monoisotopic (exact) mass is 170 g/mol. The lowest BCUT2D eigenvalue weighted by Crippen LogP contribution is -2.37. The standard InChI is InChI=1S/C3H10N2O4S/c4-10(8,9)5-1-3(7)2-6/h3,5-7H,1-2H2,(H2,4,8,9)/t3-/m0/s1. The van der Waals surface area contributed by atoms with Gasteiger partial charge in [-0.25, -0.2) is 5.14 Å². The van der Waals surface area contributed by atoms with E-state index in [2.05, 4.69) is 5.14 Å². The van der Waals surface area contributed by atoms with Gasteiger partial charge in [-0.05, 0) is 0 Å². The fourth-order valence-electron chi connectivity index (χ4n) is 0.277. The summed E-state index contributed by atoms with van der Waals surface area (Å²) in [5.41, 5.74) is 0. The lowest BCUT2D eigenvalue weighted by molar-refractivity contribution is 0.0988. The highest BCUT2D eigenvalue weighted by atomic mass is 32.2. The third-order valence-electron chi connectivity index (χ3n) is 0.731. The van der Waals surface area contributed by atoms with E-state index in [0.717, 1.165) is 0 Å². The molecule has 1 atom stereocenters. The average molecular weight is 170 g/mol. The Hall–Kier alpha value is -0.210. The molecule has 0 radical (unpaired) electrons. The fourth-order valence-corrected chi connectivity index (χ4v) is 0.702. The highest BCUT2D eigenvalue weighted by molar-refractivity contribution is 7.87. The van der Waals surface area contributed by atoms with Crippen LogP contribution in [0.2, 0.25) is 0 Å². The second-order valence-corrected chi connectivity index (χ2v) is 3.11. The molecule has 62 valence electrons. The molecule has 0 unspecified atom stereocenters. The summed E-state index contributed by atoms with van der Waals surface area (Å²) in [6, 6.07) is 0. The molecule has 0 saturated carbocycles. The van der Waals surface area contributed by atoms with Gasteiger partial charge in [-0.3, -0.25) is 0 Å². The van der Waals surface area contributed by atoms with Gasteiger partial charge in [-0.1, -0.05) is 0 Å². The highest BCUT2D eigenvalue weighted by Gasteiger charge is 2.05. The summed E-state index contributed by atoms with van der Waals surface area (Å²) in [7, 11) is -3.75. The van der Waals surface area contributed by atoms with Gasteiger partial charge in [0.05, 0.1) is 12.7 Å². The second kappa shape index (κ2) is 3.84. The summed E-state index contributed by atoms with van der Waals surface area (Å²) >= 11 is 0. The van der Waals surface area contributed by atoms with E-state index in [1.54, 1.807) is 0 Å². The first-order chi connectivity index (χ1) is 4.45. The van der Waals surface area contributed by atoms with E-state index in [4.69, 9.17) is 10.2 Å². The van der Waals surface area contributed by atoms with Gasteiger partial charge < -0.3 is 10.2 Å². The van der Waals surface area contributed by atoms with Crippen LogP contribution in [0.4, 0.5) is 0 Å². The molecule has 0 aliphatic rings. The first-order valence-electron chi connectivity index (χ1n) is 2.52. The molecule has 0 bridgehead atoms. The zero-order valence-corrected chi connectivity index (χ0v) is 6.00. The third-order valence-corrected chi connectivity index (χ3v) is 1.30. The van der Waals surface area contributed by atoms with E-state index in [0.29, 0.717) is 0 Å². The Bertz CT molecular complexity index is 177. The summed E-state index contributed by atoms with van der Waals surface area (Å²) in [4.78, 5) is 0. The van der Waals surface area contributed by atoms with Crippen molar-refractivity contribution < 1.29 is 18.6 Å². The van der Waals surface area contributed by atoms with Crippen molar-refractivity contribution in [2.45, 2.75) is 6.10 Å². The van der Waals surface area contributed by atoms with Crippen molar-refractivity contribution in [1.82, 2.24) is 4.72 Å². The summed E-state index contributed by atoms with van der Waals surface area (Å²) < 4.78 is 22.1. The van der Waals surface area contributed by atoms with Gasteiger partial charge in [0, 0.05) is 6.54 Å². The van der Waals surface area contributed by atoms with Crippen LogP contribution in [0, 0.1) is 0 Å². The SMILES string of the molecule is NS(=O)(=O)NC[C@H](O)CO.